The van der Waals surface area contributed by atoms with Crippen LogP contribution in [-0.4, -0.2) is 14.5 Å². The normalized spacial score (nSPS) is 13.6. The number of allylic oxidation sites excluding steroid dienone is 1. The van der Waals surface area contributed by atoms with E-state index in [9.17, 15) is 13.2 Å². The molecule has 0 N–H and O–H groups in total. The molecule has 0 saturated heterocycles. The zero-order valence-corrected chi connectivity index (χ0v) is 11.0. The van der Waals surface area contributed by atoms with Gasteiger partial charge in [-0.25, -0.2) is 0 Å². The van der Waals surface area contributed by atoms with Crippen LogP contribution < -0.4 is 0 Å². The van der Waals surface area contributed by atoms with E-state index in [1.54, 1.807) is 50.0 Å². The number of hydrogen-bond donors (Lipinski definition) is 0. The number of benzene rings is 1. The summed E-state index contributed by atoms with van der Waals surface area (Å²) in [6, 6.07) is 8.35. The molecule has 0 aliphatic rings. The first-order chi connectivity index (χ1) is 7.68. The zero-order chi connectivity index (χ0) is 13.1. The van der Waals surface area contributed by atoms with Crippen molar-refractivity contribution in [2.75, 3.05) is 0 Å². The minimum atomic E-state index is -4.45. The Labute approximate surface area is 100 Å². The van der Waals surface area contributed by atoms with Gasteiger partial charge in [0.25, 0.3) is 0 Å². The van der Waals surface area contributed by atoms with Crippen molar-refractivity contribution in [1.82, 2.24) is 0 Å². The van der Waals surface area contributed by atoms with Crippen LogP contribution in [0.15, 0.2) is 36.1 Å². The predicted molar refractivity (Wildman–Crippen MR) is 64.9 cm³/mol. The van der Waals surface area contributed by atoms with Crippen molar-refractivity contribution in [2.45, 2.75) is 25.8 Å². The van der Waals surface area contributed by atoms with Crippen LogP contribution in [0.1, 0.15) is 5.56 Å². The average molecular weight is 260 g/mol. The molecule has 5 heteroatoms. The highest BCUT2D eigenvalue weighted by Gasteiger charge is 2.38. The topological polar surface area (TPSA) is 9.23 Å². The molecule has 0 aromatic heterocycles. The van der Waals surface area contributed by atoms with Gasteiger partial charge in [0.15, 0.2) is 5.76 Å². The molecular formula is C12H15F3OSi. The Hall–Kier alpha value is -1.23. The Bertz CT molecular complexity index is 390. The number of alkyl halides is 3. The summed E-state index contributed by atoms with van der Waals surface area (Å²) in [7, 11) is -2.27. The van der Waals surface area contributed by atoms with E-state index < -0.39 is 20.3 Å². The molecule has 1 aromatic carbocycles. The number of hydrogen-bond acceptors (Lipinski definition) is 1. The SMILES string of the molecule is C[Si](C)(C)O/C(=C/c1ccccc1)C(F)(F)F. The molecule has 17 heavy (non-hydrogen) atoms. The fourth-order valence-corrected chi connectivity index (χ4v) is 2.03. The zero-order valence-electron chi connectivity index (χ0n) is 10.0. The van der Waals surface area contributed by atoms with Crippen LogP contribution in [0.2, 0.25) is 19.6 Å². The van der Waals surface area contributed by atoms with Crippen molar-refractivity contribution >= 4 is 14.4 Å². The molecule has 0 aliphatic heterocycles. The maximum atomic E-state index is 12.8. The van der Waals surface area contributed by atoms with Crippen molar-refractivity contribution in [3.63, 3.8) is 0 Å². The van der Waals surface area contributed by atoms with Gasteiger partial charge in [-0.15, -0.1) is 0 Å². The lowest BCUT2D eigenvalue weighted by Crippen LogP contribution is -2.30. The second-order valence-corrected chi connectivity index (χ2v) is 9.06. The summed E-state index contributed by atoms with van der Waals surface area (Å²) in [4.78, 5) is 0. The monoisotopic (exact) mass is 260 g/mol. The standard InChI is InChI=1S/C12H15F3OSi/c1-17(2,3)16-11(12(13,14)15)9-10-7-5-4-6-8-10/h4-9H,1-3H3/b11-9+. The van der Waals surface area contributed by atoms with Gasteiger partial charge in [-0.1, -0.05) is 30.3 Å². The fourth-order valence-electron chi connectivity index (χ4n) is 1.20. The van der Waals surface area contributed by atoms with Crippen LogP contribution in [0.3, 0.4) is 0 Å². The number of rotatable bonds is 3. The van der Waals surface area contributed by atoms with Gasteiger partial charge >= 0.3 is 6.18 Å². The minimum Gasteiger partial charge on any atom is -0.541 e. The molecule has 0 bridgehead atoms. The third-order valence-corrected chi connectivity index (χ3v) is 2.63. The Morgan fingerprint density at radius 1 is 1.12 bits per heavy atom. The Kier molecular flexibility index (Phi) is 4.03. The minimum absolute atomic E-state index is 0.484. The van der Waals surface area contributed by atoms with E-state index in [1.807, 2.05) is 0 Å². The van der Waals surface area contributed by atoms with Crippen molar-refractivity contribution in [2.24, 2.45) is 0 Å². The predicted octanol–water partition coefficient (Wildman–Crippen LogP) is 4.44. The third-order valence-electron chi connectivity index (χ3n) is 1.79. The highest BCUT2D eigenvalue weighted by Crippen LogP contribution is 2.30. The molecule has 1 nitrogen and oxygen atoms in total. The maximum absolute atomic E-state index is 12.8. The number of halogens is 3. The van der Waals surface area contributed by atoms with Gasteiger partial charge in [-0.05, 0) is 31.3 Å². The Morgan fingerprint density at radius 3 is 2.06 bits per heavy atom. The lowest BCUT2D eigenvalue weighted by Gasteiger charge is -2.23. The van der Waals surface area contributed by atoms with E-state index in [0.717, 1.165) is 6.08 Å². The van der Waals surface area contributed by atoms with Crippen LogP contribution in [0, 0.1) is 0 Å². The smallest absolute Gasteiger partial charge is 0.447 e. The molecule has 0 unspecified atom stereocenters. The van der Waals surface area contributed by atoms with Gasteiger partial charge < -0.3 is 4.43 Å². The molecule has 0 atom stereocenters. The third kappa shape index (κ3) is 5.08. The molecule has 94 valence electrons. The molecule has 0 saturated carbocycles. The molecule has 0 aliphatic carbocycles. The summed E-state index contributed by atoms with van der Waals surface area (Å²) in [6.45, 7) is 5.16. The Morgan fingerprint density at radius 2 is 1.65 bits per heavy atom. The van der Waals surface area contributed by atoms with Crippen molar-refractivity contribution in [3.8, 4) is 0 Å². The van der Waals surface area contributed by atoms with Crippen LogP contribution in [0.25, 0.3) is 6.08 Å². The van der Waals surface area contributed by atoms with E-state index in [0.29, 0.717) is 5.56 Å². The molecule has 0 radical (unpaired) electrons. The lowest BCUT2D eigenvalue weighted by molar-refractivity contribution is -0.116. The van der Waals surface area contributed by atoms with E-state index in [4.69, 9.17) is 4.43 Å². The summed E-state index contributed by atoms with van der Waals surface area (Å²) in [5, 5.41) is 0. The van der Waals surface area contributed by atoms with E-state index in [-0.39, 0.29) is 0 Å². The van der Waals surface area contributed by atoms with Gasteiger partial charge in [-0.2, -0.15) is 13.2 Å². The second-order valence-electron chi connectivity index (χ2n) is 4.63. The summed E-state index contributed by atoms with van der Waals surface area (Å²) < 4.78 is 43.4. The molecule has 1 rings (SSSR count). The van der Waals surface area contributed by atoms with Crippen molar-refractivity contribution in [1.29, 1.82) is 0 Å². The van der Waals surface area contributed by atoms with Gasteiger partial charge in [-0.3, -0.25) is 0 Å². The molecule has 1 aromatic rings. The first-order valence-electron chi connectivity index (χ1n) is 5.21. The highest BCUT2D eigenvalue weighted by molar-refractivity contribution is 6.70. The summed E-state index contributed by atoms with van der Waals surface area (Å²) in [5.74, 6) is -0.914. The van der Waals surface area contributed by atoms with Crippen molar-refractivity contribution < 1.29 is 17.6 Å². The molecule has 0 amide bonds. The van der Waals surface area contributed by atoms with Crippen LogP contribution in [0.4, 0.5) is 13.2 Å². The molecule has 0 spiro atoms. The van der Waals surface area contributed by atoms with Crippen LogP contribution >= 0.6 is 0 Å². The van der Waals surface area contributed by atoms with E-state index in [2.05, 4.69) is 0 Å². The lowest BCUT2D eigenvalue weighted by atomic mass is 10.2. The quantitative estimate of drug-likeness (QED) is 0.576. The molecule has 0 heterocycles. The van der Waals surface area contributed by atoms with Crippen LogP contribution in [0.5, 0.6) is 0 Å². The van der Waals surface area contributed by atoms with E-state index in [1.165, 1.54) is 0 Å². The largest absolute Gasteiger partial charge is 0.541 e. The molecular weight excluding hydrogens is 245 g/mol. The maximum Gasteiger partial charge on any atom is 0.447 e. The first-order valence-corrected chi connectivity index (χ1v) is 8.62. The Balaban J connectivity index is 3.04. The summed E-state index contributed by atoms with van der Waals surface area (Å²) >= 11 is 0. The van der Waals surface area contributed by atoms with Crippen LogP contribution in [-0.2, 0) is 4.43 Å². The van der Waals surface area contributed by atoms with Gasteiger partial charge in [0.05, 0.1) is 0 Å². The van der Waals surface area contributed by atoms with Gasteiger partial charge in [0.1, 0.15) is 0 Å². The van der Waals surface area contributed by atoms with Gasteiger partial charge in [0, 0.05) is 0 Å². The second kappa shape index (κ2) is 4.95. The highest BCUT2D eigenvalue weighted by atomic mass is 28.4. The fraction of sp³-hybridized carbons (Fsp3) is 0.333. The summed E-state index contributed by atoms with van der Waals surface area (Å²) in [5.41, 5.74) is 0.484. The first kappa shape index (κ1) is 13.8. The van der Waals surface area contributed by atoms with Gasteiger partial charge in [0.2, 0.25) is 8.32 Å². The van der Waals surface area contributed by atoms with E-state index >= 15 is 0 Å². The van der Waals surface area contributed by atoms with Crippen molar-refractivity contribution in [3.05, 3.63) is 41.7 Å². The average Bonchev–Trinajstić information content (AvgIpc) is 2.15. The summed E-state index contributed by atoms with van der Waals surface area (Å²) in [6.07, 6.45) is -3.41. The molecule has 0 fully saturated rings.